The Bertz CT molecular complexity index is 950. The van der Waals surface area contributed by atoms with Crippen molar-refractivity contribution in [1.82, 2.24) is 4.98 Å². The van der Waals surface area contributed by atoms with E-state index in [9.17, 15) is 14.9 Å². The first-order chi connectivity index (χ1) is 13.1. The van der Waals surface area contributed by atoms with Crippen molar-refractivity contribution in [3.63, 3.8) is 0 Å². The molecule has 0 spiro atoms. The topological polar surface area (TPSA) is 94.4 Å². The van der Waals surface area contributed by atoms with Crippen LogP contribution in [0.1, 0.15) is 0 Å². The Kier molecular flexibility index (Phi) is 6.01. The largest absolute Gasteiger partial charge is 0.476 e. The first-order valence-electron chi connectivity index (χ1n) is 7.97. The summed E-state index contributed by atoms with van der Waals surface area (Å²) in [4.78, 5) is 28.1. The fraction of sp³-hybridized carbons (Fsp3) is 0.0526. The highest BCUT2D eigenvalue weighted by molar-refractivity contribution is 7.99. The van der Waals surface area contributed by atoms with Gasteiger partial charge in [0.05, 0.1) is 5.69 Å². The number of nitro groups is 1. The third-order valence-electron chi connectivity index (χ3n) is 3.41. The van der Waals surface area contributed by atoms with Gasteiger partial charge in [-0.15, -0.1) is 0 Å². The standard InChI is InChI=1S/C19H15N3O4S/c23-18(13-26-16-10-6-12-20-19(16)22(24)25)21-15-9-4-5-11-17(15)27-14-7-2-1-3-8-14/h1-12H,13H2,(H,21,23). The lowest BCUT2D eigenvalue weighted by molar-refractivity contribution is -0.390. The number of hydrogen-bond acceptors (Lipinski definition) is 6. The molecule has 8 heteroatoms. The Morgan fingerprint density at radius 2 is 1.81 bits per heavy atom. The van der Waals surface area contributed by atoms with Gasteiger partial charge in [0.1, 0.15) is 6.20 Å². The molecule has 0 aliphatic carbocycles. The molecule has 2 aromatic carbocycles. The number of benzene rings is 2. The molecule has 0 aliphatic heterocycles. The van der Waals surface area contributed by atoms with Crippen LogP contribution in [0.5, 0.6) is 5.75 Å². The molecule has 0 fully saturated rings. The van der Waals surface area contributed by atoms with Crippen molar-refractivity contribution in [2.45, 2.75) is 9.79 Å². The zero-order valence-electron chi connectivity index (χ0n) is 14.1. The van der Waals surface area contributed by atoms with Crippen LogP contribution in [0.2, 0.25) is 0 Å². The molecule has 7 nitrogen and oxygen atoms in total. The molecule has 0 saturated carbocycles. The summed E-state index contributed by atoms with van der Waals surface area (Å²) < 4.78 is 5.27. The van der Waals surface area contributed by atoms with Gasteiger partial charge in [0, 0.05) is 9.79 Å². The minimum Gasteiger partial charge on any atom is -0.476 e. The SMILES string of the molecule is O=C(COc1cccnc1[N+](=O)[O-])Nc1ccccc1Sc1ccccc1. The fourth-order valence-electron chi connectivity index (χ4n) is 2.24. The van der Waals surface area contributed by atoms with Crippen LogP contribution in [0, 0.1) is 10.1 Å². The van der Waals surface area contributed by atoms with Gasteiger partial charge in [0.25, 0.3) is 5.91 Å². The van der Waals surface area contributed by atoms with Gasteiger partial charge in [-0.2, -0.15) is 0 Å². The second-order valence-electron chi connectivity index (χ2n) is 5.33. The summed E-state index contributed by atoms with van der Waals surface area (Å²) in [6.07, 6.45) is 1.29. The predicted octanol–water partition coefficient (Wildman–Crippen LogP) is 4.16. The summed E-state index contributed by atoms with van der Waals surface area (Å²) in [7, 11) is 0. The van der Waals surface area contributed by atoms with Gasteiger partial charge in [-0.3, -0.25) is 4.79 Å². The molecule has 0 radical (unpaired) electrons. The summed E-state index contributed by atoms with van der Waals surface area (Å²) >= 11 is 1.52. The lowest BCUT2D eigenvalue weighted by atomic mass is 10.3. The van der Waals surface area contributed by atoms with Crippen molar-refractivity contribution in [3.05, 3.63) is 83.0 Å². The average Bonchev–Trinajstić information content (AvgIpc) is 2.69. The molecule has 27 heavy (non-hydrogen) atoms. The molecule has 0 unspecified atom stereocenters. The van der Waals surface area contributed by atoms with Crippen LogP contribution < -0.4 is 10.1 Å². The third-order valence-corrected chi connectivity index (χ3v) is 4.50. The van der Waals surface area contributed by atoms with Gasteiger partial charge in [0.2, 0.25) is 5.75 Å². The quantitative estimate of drug-likeness (QED) is 0.488. The van der Waals surface area contributed by atoms with Gasteiger partial charge in [-0.05, 0) is 46.3 Å². The van der Waals surface area contributed by atoms with Gasteiger partial charge >= 0.3 is 5.82 Å². The average molecular weight is 381 g/mol. The van der Waals surface area contributed by atoms with Crippen molar-refractivity contribution in [1.29, 1.82) is 0 Å². The number of pyridine rings is 1. The normalized spacial score (nSPS) is 10.2. The molecule has 0 bridgehead atoms. The second-order valence-corrected chi connectivity index (χ2v) is 6.45. The van der Waals surface area contributed by atoms with Gasteiger partial charge in [-0.1, -0.05) is 42.1 Å². The molecule has 1 amide bonds. The molecule has 0 aliphatic rings. The van der Waals surface area contributed by atoms with Crippen molar-refractivity contribution in [2.24, 2.45) is 0 Å². The van der Waals surface area contributed by atoms with Crippen molar-refractivity contribution in [2.75, 3.05) is 11.9 Å². The van der Waals surface area contributed by atoms with Crippen LogP contribution in [0.3, 0.4) is 0 Å². The van der Waals surface area contributed by atoms with E-state index < -0.39 is 16.6 Å². The molecular formula is C19H15N3O4S. The highest BCUT2D eigenvalue weighted by Crippen LogP contribution is 2.33. The number of nitrogens with one attached hydrogen (secondary N) is 1. The zero-order valence-corrected chi connectivity index (χ0v) is 14.9. The molecular weight excluding hydrogens is 366 g/mol. The lowest BCUT2D eigenvalue weighted by Gasteiger charge is -2.11. The minimum absolute atomic E-state index is 0.0513. The van der Waals surface area contributed by atoms with Crippen molar-refractivity contribution in [3.8, 4) is 5.75 Å². The molecule has 136 valence electrons. The second kappa shape index (κ2) is 8.81. The van der Waals surface area contributed by atoms with E-state index in [0.717, 1.165) is 9.79 Å². The Morgan fingerprint density at radius 1 is 1.07 bits per heavy atom. The number of carbonyl (C=O) groups excluding carboxylic acids is 1. The van der Waals surface area contributed by atoms with Crippen LogP contribution in [0.4, 0.5) is 11.5 Å². The maximum atomic E-state index is 12.2. The van der Waals surface area contributed by atoms with E-state index in [1.165, 1.54) is 30.1 Å². The summed E-state index contributed by atoms with van der Waals surface area (Å²) in [6, 6.07) is 20.1. The monoisotopic (exact) mass is 381 g/mol. The number of hydrogen-bond donors (Lipinski definition) is 1. The third kappa shape index (κ3) is 5.05. The fourth-order valence-corrected chi connectivity index (χ4v) is 3.16. The number of nitrogens with zero attached hydrogens (tertiary/aromatic N) is 2. The van der Waals surface area contributed by atoms with E-state index in [4.69, 9.17) is 4.74 Å². The molecule has 1 N–H and O–H groups in total. The van der Waals surface area contributed by atoms with Gasteiger partial charge in [0.15, 0.2) is 6.61 Å². The first kappa shape index (κ1) is 18.4. The highest BCUT2D eigenvalue weighted by atomic mass is 32.2. The lowest BCUT2D eigenvalue weighted by Crippen LogP contribution is -2.20. The summed E-state index contributed by atoms with van der Waals surface area (Å²) in [5.74, 6) is -0.899. The van der Waals surface area contributed by atoms with Crippen molar-refractivity contribution >= 4 is 29.2 Å². The van der Waals surface area contributed by atoms with Crippen molar-refractivity contribution < 1.29 is 14.5 Å². The molecule has 0 saturated heterocycles. The smallest absolute Gasteiger partial charge is 0.406 e. The number of ether oxygens (including phenoxy) is 1. The van der Waals surface area contributed by atoms with Crippen LogP contribution in [-0.4, -0.2) is 22.4 Å². The predicted molar refractivity (Wildman–Crippen MR) is 102 cm³/mol. The van der Waals surface area contributed by atoms with Crippen LogP contribution in [0.15, 0.2) is 82.7 Å². The van der Waals surface area contributed by atoms with Crippen LogP contribution >= 0.6 is 11.8 Å². The Hall–Kier alpha value is -3.39. The number of anilines is 1. The van der Waals surface area contributed by atoms with E-state index in [-0.39, 0.29) is 12.4 Å². The van der Waals surface area contributed by atoms with E-state index in [0.29, 0.717) is 5.69 Å². The minimum atomic E-state index is -0.654. The maximum Gasteiger partial charge on any atom is 0.406 e. The number of aromatic nitrogens is 1. The summed E-state index contributed by atoms with van der Waals surface area (Å²) in [5.41, 5.74) is 0.639. The molecule has 1 aromatic heterocycles. The summed E-state index contributed by atoms with van der Waals surface area (Å²) in [5, 5.41) is 13.7. The number of rotatable bonds is 7. The first-order valence-corrected chi connectivity index (χ1v) is 8.79. The zero-order chi connectivity index (χ0) is 19.1. The van der Waals surface area contributed by atoms with E-state index in [1.54, 1.807) is 6.07 Å². The Morgan fingerprint density at radius 3 is 2.59 bits per heavy atom. The molecule has 3 aromatic rings. The number of carbonyl (C=O) groups is 1. The van der Waals surface area contributed by atoms with Gasteiger partial charge < -0.3 is 20.2 Å². The Balaban J connectivity index is 1.66. The number of para-hydroxylation sites is 1. The highest BCUT2D eigenvalue weighted by Gasteiger charge is 2.17. The van der Waals surface area contributed by atoms with E-state index in [1.807, 2.05) is 48.5 Å². The number of amides is 1. The molecule has 3 rings (SSSR count). The van der Waals surface area contributed by atoms with Gasteiger partial charge in [-0.25, -0.2) is 0 Å². The molecule has 1 heterocycles. The van der Waals surface area contributed by atoms with Crippen LogP contribution in [0.25, 0.3) is 0 Å². The van der Waals surface area contributed by atoms with E-state index in [2.05, 4.69) is 10.3 Å². The molecule has 0 atom stereocenters. The van der Waals surface area contributed by atoms with Crippen LogP contribution in [-0.2, 0) is 4.79 Å². The Labute approximate surface area is 159 Å². The maximum absolute atomic E-state index is 12.2. The summed E-state index contributed by atoms with van der Waals surface area (Å²) in [6.45, 7) is -0.364. The van der Waals surface area contributed by atoms with E-state index >= 15 is 0 Å².